The first-order chi connectivity index (χ1) is 9.02. The number of aryl methyl sites for hydroxylation is 1. The predicted molar refractivity (Wildman–Crippen MR) is 78.7 cm³/mol. The topological polar surface area (TPSA) is 45.2 Å². The number of nitrogens with one attached hydrogen (secondary N) is 1. The summed E-state index contributed by atoms with van der Waals surface area (Å²) in [6.45, 7) is 3.71. The Balaban J connectivity index is 2.43. The number of carbonyl (C=O) groups is 1. The number of pyridine rings is 1. The third-order valence-corrected chi connectivity index (χ3v) is 2.98. The summed E-state index contributed by atoms with van der Waals surface area (Å²) in [6.07, 6.45) is 2.82. The Kier molecular flexibility index (Phi) is 6.81. The summed E-state index contributed by atoms with van der Waals surface area (Å²) >= 11 is 5.89. The lowest BCUT2D eigenvalue weighted by Gasteiger charge is -2.10. The monoisotopic (exact) mass is 283 g/mol. The first-order valence-corrected chi connectivity index (χ1v) is 7.00. The van der Waals surface area contributed by atoms with Crippen LogP contribution in [0.15, 0.2) is 12.1 Å². The second-order valence-corrected chi connectivity index (χ2v) is 5.18. The van der Waals surface area contributed by atoms with Crippen LogP contribution in [-0.2, 0) is 6.42 Å². The minimum absolute atomic E-state index is 0.0798. The van der Waals surface area contributed by atoms with Gasteiger partial charge >= 0.3 is 0 Å². The number of amides is 1. The maximum absolute atomic E-state index is 12.0. The number of nitrogens with zero attached hydrogens (tertiary/aromatic N) is 2. The first-order valence-electron chi connectivity index (χ1n) is 6.62. The van der Waals surface area contributed by atoms with E-state index in [9.17, 15) is 4.79 Å². The summed E-state index contributed by atoms with van der Waals surface area (Å²) in [5.41, 5.74) is 1.43. The van der Waals surface area contributed by atoms with Crippen molar-refractivity contribution in [3.63, 3.8) is 0 Å². The average molecular weight is 284 g/mol. The van der Waals surface area contributed by atoms with Crippen LogP contribution in [0.4, 0.5) is 0 Å². The molecule has 1 rings (SSSR count). The summed E-state index contributed by atoms with van der Waals surface area (Å²) in [5, 5.41) is 3.28. The molecule has 0 saturated heterocycles. The Hall–Kier alpha value is -1.13. The van der Waals surface area contributed by atoms with Gasteiger partial charge in [0.15, 0.2) is 0 Å². The van der Waals surface area contributed by atoms with E-state index in [1.807, 2.05) is 21.0 Å². The third kappa shape index (κ3) is 6.03. The van der Waals surface area contributed by atoms with Gasteiger partial charge in [-0.3, -0.25) is 4.79 Å². The second kappa shape index (κ2) is 8.12. The normalized spacial score (nSPS) is 10.8. The van der Waals surface area contributed by atoms with Crippen LogP contribution in [0.2, 0.25) is 5.15 Å². The van der Waals surface area contributed by atoms with Crippen molar-refractivity contribution in [1.29, 1.82) is 0 Å². The Morgan fingerprint density at radius 3 is 2.74 bits per heavy atom. The molecule has 1 heterocycles. The zero-order valence-electron chi connectivity index (χ0n) is 11.9. The van der Waals surface area contributed by atoms with Gasteiger partial charge in [-0.1, -0.05) is 18.5 Å². The van der Waals surface area contributed by atoms with Gasteiger partial charge in [0, 0.05) is 17.8 Å². The summed E-state index contributed by atoms with van der Waals surface area (Å²) in [6, 6.07) is 3.40. The van der Waals surface area contributed by atoms with E-state index in [4.69, 9.17) is 11.6 Å². The largest absolute Gasteiger partial charge is 0.352 e. The second-order valence-electron chi connectivity index (χ2n) is 4.79. The van der Waals surface area contributed by atoms with Gasteiger partial charge in [-0.25, -0.2) is 4.98 Å². The number of aromatic nitrogens is 1. The molecule has 5 heteroatoms. The van der Waals surface area contributed by atoms with E-state index in [0.717, 1.165) is 31.5 Å². The maximum Gasteiger partial charge on any atom is 0.251 e. The molecule has 1 amide bonds. The first kappa shape index (κ1) is 15.9. The van der Waals surface area contributed by atoms with Crippen LogP contribution >= 0.6 is 11.6 Å². The lowest BCUT2D eigenvalue weighted by atomic mass is 10.2. The molecule has 1 aromatic rings. The number of unbranched alkanes of at least 4 members (excludes halogenated alkanes) is 1. The fourth-order valence-electron chi connectivity index (χ4n) is 1.72. The molecular weight excluding hydrogens is 262 g/mol. The molecule has 1 aromatic heterocycles. The molecule has 0 spiro atoms. The van der Waals surface area contributed by atoms with Crippen LogP contribution < -0.4 is 5.32 Å². The average Bonchev–Trinajstić information content (AvgIpc) is 2.36. The Morgan fingerprint density at radius 1 is 1.37 bits per heavy atom. The van der Waals surface area contributed by atoms with Crippen molar-refractivity contribution in [3.05, 3.63) is 28.5 Å². The van der Waals surface area contributed by atoms with Gasteiger partial charge in [0.25, 0.3) is 5.91 Å². The van der Waals surface area contributed by atoms with Gasteiger partial charge in [-0.2, -0.15) is 0 Å². The highest BCUT2D eigenvalue weighted by molar-refractivity contribution is 6.29. The molecule has 0 atom stereocenters. The van der Waals surface area contributed by atoms with Crippen LogP contribution in [0.1, 0.15) is 35.8 Å². The summed E-state index contributed by atoms with van der Waals surface area (Å²) < 4.78 is 0. The highest BCUT2D eigenvalue weighted by Crippen LogP contribution is 2.11. The molecule has 0 aromatic carbocycles. The summed E-state index contributed by atoms with van der Waals surface area (Å²) in [4.78, 5) is 18.2. The Bertz CT molecular complexity index is 421. The van der Waals surface area contributed by atoms with Crippen molar-refractivity contribution < 1.29 is 4.79 Å². The molecule has 0 unspecified atom stereocenters. The van der Waals surface area contributed by atoms with E-state index in [-0.39, 0.29) is 5.91 Å². The SMILES string of the molecule is CCc1cc(C(=O)NCCCCN(C)C)cc(Cl)n1. The van der Waals surface area contributed by atoms with E-state index in [2.05, 4.69) is 15.2 Å². The van der Waals surface area contributed by atoms with Gasteiger partial charge < -0.3 is 10.2 Å². The molecule has 106 valence electrons. The number of hydrogen-bond donors (Lipinski definition) is 1. The fourth-order valence-corrected chi connectivity index (χ4v) is 1.95. The van der Waals surface area contributed by atoms with Gasteiger partial charge in [0.1, 0.15) is 5.15 Å². The standard InChI is InChI=1S/C14H22ClN3O/c1-4-12-9-11(10-13(15)17-12)14(19)16-7-5-6-8-18(2)3/h9-10H,4-8H2,1-3H3,(H,16,19). The molecule has 0 aliphatic rings. The predicted octanol–water partition coefficient (Wildman–Crippen LogP) is 2.37. The molecule has 19 heavy (non-hydrogen) atoms. The van der Waals surface area contributed by atoms with Gasteiger partial charge in [0.05, 0.1) is 0 Å². The van der Waals surface area contributed by atoms with Crippen molar-refractivity contribution in [1.82, 2.24) is 15.2 Å². The van der Waals surface area contributed by atoms with Crippen molar-refractivity contribution in [2.24, 2.45) is 0 Å². The molecule has 0 fully saturated rings. The van der Waals surface area contributed by atoms with E-state index >= 15 is 0 Å². The van der Waals surface area contributed by atoms with Crippen molar-refractivity contribution in [2.45, 2.75) is 26.2 Å². The molecule has 1 N–H and O–H groups in total. The van der Waals surface area contributed by atoms with Crippen molar-refractivity contribution >= 4 is 17.5 Å². The molecule has 4 nitrogen and oxygen atoms in total. The lowest BCUT2D eigenvalue weighted by molar-refractivity contribution is 0.0952. The van der Waals surface area contributed by atoms with E-state index in [1.54, 1.807) is 12.1 Å². The fraction of sp³-hybridized carbons (Fsp3) is 0.571. The smallest absolute Gasteiger partial charge is 0.251 e. The minimum Gasteiger partial charge on any atom is -0.352 e. The van der Waals surface area contributed by atoms with E-state index in [0.29, 0.717) is 17.3 Å². The Labute approximate surface area is 120 Å². The molecule has 0 aliphatic heterocycles. The van der Waals surface area contributed by atoms with Gasteiger partial charge in [-0.05, 0) is 52.0 Å². The highest BCUT2D eigenvalue weighted by atomic mass is 35.5. The maximum atomic E-state index is 12.0. The number of carbonyl (C=O) groups excluding carboxylic acids is 1. The van der Waals surface area contributed by atoms with Crippen molar-refractivity contribution in [2.75, 3.05) is 27.2 Å². The lowest BCUT2D eigenvalue weighted by Crippen LogP contribution is -2.25. The number of hydrogen-bond acceptors (Lipinski definition) is 3. The molecular formula is C14H22ClN3O. The molecule has 0 bridgehead atoms. The van der Waals surface area contributed by atoms with Crippen molar-refractivity contribution in [3.8, 4) is 0 Å². The van der Waals surface area contributed by atoms with Crippen LogP contribution in [0.5, 0.6) is 0 Å². The number of halogens is 1. The van der Waals surface area contributed by atoms with Crippen LogP contribution in [0.25, 0.3) is 0 Å². The van der Waals surface area contributed by atoms with Crippen LogP contribution in [0, 0.1) is 0 Å². The molecule has 0 saturated carbocycles. The number of rotatable bonds is 7. The van der Waals surface area contributed by atoms with E-state index < -0.39 is 0 Å². The van der Waals surface area contributed by atoms with Crippen LogP contribution in [-0.4, -0.2) is 43.0 Å². The quantitative estimate of drug-likeness (QED) is 0.617. The highest BCUT2D eigenvalue weighted by Gasteiger charge is 2.08. The molecule has 0 aliphatic carbocycles. The zero-order valence-corrected chi connectivity index (χ0v) is 12.6. The zero-order chi connectivity index (χ0) is 14.3. The minimum atomic E-state index is -0.0798. The van der Waals surface area contributed by atoms with Gasteiger partial charge in [-0.15, -0.1) is 0 Å². The summed E-state index contributed by atoms with van der Waals surface area (Å²) in [5.74, 6) is -0.0798. The van der Waals surface area contributed by atoms with Gasteiger partial charge in [0.2, 0.25) is 0 Å². The van der Waals surface area contributed by atoms with Crippen LogP contribution in [0.3, 0.4) is 0 Å². The molecule has 0 radical (unpaired) electrons. The third-order valence-electron chi connectivity index (χ3n) is 2.79. The van der Waals surface area contributed by atoms with E-state index in [1.165, 1.54) is 0 Å². The summed E-state index contributed by atoms with van der Waals surface area (Å²) in [7, 11) is 4.09. The Morgan fingerprint density at radius 2 is 2.11 bits per heavy atom.